The number of nitrogens with zero attached hydrogens (tertiary/aromatic N) is 3. The Morgan fingerprint density at radius 3 is 2.38 bits per heavy atom. The van der Waals surface area contributed by atoms with Crippen molar-refractivity contribution in [1.82, 2.24) is 15.0 Å². The van der Waals surface area contributed by atoms with E-state index in [-0.39, 0.29) is 65.0 Å². The molecule has 0 atom stereocenters. The number of benzene rings is 4. The summed E-state index contributed by atoms with van der Waals surface area (Å²) < 4.78 is 95.7. The minimum absolute atomic E-state index is 0. The van der Waals surface area contributed by atoms with E-state index in [1.54, 1.807) is 60.8 Å². The topological polar surface area (TPSA) is 51.8 Å². The van der Waals surface area contributed by atoms with Crippen molar-refractivity contribution >= 4 is 22.1 Å². The Morgan fingerprint density at radius 1 is 0.708 bits per heavy atom. The number of hydrogen-bond donors (Lipinski definition) is 0. The normalized spacial score (nSPS) is 15.2. The molecule has 4 aromatic carbocycles. The molecule has 0 aliphatic rings. The Labute approximate surface area is 310 Å². The average Bonchev–Trinajstić information content (AvgIpc) is 3.59. The predicted molar refractivity (Wildman–Crippen MR) is 191 cm³/mol. The first-order chi connectivity index (χ1) is 27.4. The van der Waals surface area contributed by atoms with Crippen LogP contribution < -0.4 is 0 Å². The molecule has 0 unspecified atom stereocenters. The molecule has 0 bridgehead atoms. The van der Waals surface area contributed by atoms with Crippen LogP contribution in [0, 0.1) is 32.7 Å². The summed E-state index contributed by atoms with van der Waals surface area (Å²) in [5.41, 5.74) is 3.03. The molecule has 8 rings (SSSR count). The van der Waals surface area contributed by atoms with Gasteiger partial charge in [0.05, 0.1) is 5.58 Å². The number of aromatic nitrogens is 3. The third kappa shape index (κ3) is 7.03. The smallest absolute Gasteiger partial charge is 0.216 e. The third-order valence-electron chi connectivity index (χ3n) is 7.46. The van der Waals surface area contributed by atoms with Crippen LogP contribution in [0.2, 0.25) is 0 Å². The second-order valence-corrected chi connectivity index (χ2v) is 10.6. The van der Waals surface area contributed by atoms with E-state index in [9.17, 15) is 0 Å². The Bertz CT molecular complexity index is 2680. The van der Waals surface area contributed by atoms with Gasteiger partial charge in [0.1, 0.15) is 0 Å². The van der Waals surface area contributed by atoms with Gasteiger partial charge in [-0.15, -0.1) is 54.1 Å². The molecule has 0 N–H and O–H groups in total. The third-order valence-corrected chi connectivity index (χ3v) is 7.46. The van der Waals surface area contributed by atoms with Gasteiger partial charge < -0.3 is 14.4 Å². The van der Waals surface area contributed by atoms with Gasteiger partial charge in [0, 0.05) is 65.0 Å². The van der Waals surface area contributed by atoms with Crippen LogP contribution in [0.4, 0.5) is 0 Å². The molecule has 237 valence electrons. The summed E-state index contributed by atoms with van der Waals surface area (Å²) >= 11 is 0. The van der Waals surface area contributed by atoms with Crippen molar-refractivity contribution in [2.45, 2.75) is 26.9 Å². The molecule has 4 aromatic heterocycles. The average molecular weight is 811 g/mol. The standard InChI is InChI=1S/C32H25N2O.C11H8N.Ir/c1-20-12-14-25(21(2)16-20)29-18-30(33-19-22(29)3)28-11-7-10-26-27-15-13-24(34-32(27)35-31(26)28)17-23-8-5-4-6-9-23;1-2-6-10(7-3-1)11-8-4-5-9-12-11;/h4-10,12-16,18-19H,17H2,1-3H3;1-6,8-9H;/q2*-1;/i1D3,2D3,3D3,17D2;;. The SMILES string of the molecule is [2H]C([2H])([2H])c1ccc(-c2cc(-c3[c-]ccc4c3oc3nc(C([2H])([2H])c5ccccc5)ccc34)ncc2C([2H])([2H])[2H])c(C([2H])([2H])[2H])c1.[Ir].[c-]1ccccc1-c1ccccn1. The van der Waals surface area contributed by atoms with Crippen molar-refractivity contribution in [2.75, 3.05) is 0 Å². The van der Waals surface area contributed by atoms with E-state index in [0.29, 0.717) is 27.5 Å². The van der Waals surface area contributed by atoms with Crippen molar-refractivity contribution in [2.24, 2.45) is 0 Å². The number of fused-ring (bicyclic) bond motifs is 3. The molecule has 0 saturated carbocycles. The van der Waals surface area contributed by atoms with Gasteiger partial charge in [-0.1, -0.05) is 83.2 Å². The summed E-state index contributed by atoms with van der Waals surface area (Å²) in [7, 11) is 0. The molecule has 48 heavy (non-hydrogen) atoms. The molecular formula is C43H33IrN3O-2. The van der Waals surface area contributed by atoms with Crippen LogP contribution in [0.25, 0.3) is 55.7 Å². The molecule has 4 nitrogen and oxygen atoms in total. The second kappa shape index (κ2) is 14.7. The van der Waals surface area contributed by atoms with Crippen LogP contribution >= 0.6 is 0 Å². The second-order valence-electron chi connectivity index (χ2n) is 10.6. The number of aryl methyl sites for hydroxylation is 3. The van der Waals surface area contributed by atoms with E-state index < -0.39 is 26.9 Å². The van der Waals surface area contributed by atoms with Gasteiger partial charge >= 0.3 is 0 Å². The molecule has 1 radical (unpaired) electrons. The van der Waals surface area contributed by atoms with Gasteiger partial charge in [-0.2, -0.15) is 0 Å². The number of rotatable bonds is 5. The van der Waals surface area contributed by atoms with Crippen molar-refractivity contribution in [3.63, 3.8) is 0 Å². The Kier molecular flexibility index (Phi) is 6.61. The minimum Gasteiger partial charge on any atom is -0.486 e. The van der Waals surface area contributed by atoms with Crippen LogP contribution in [-0.4, -0.2) is 15.0 Å². The first kappa shape index (κ1) is 21.6. The number of furan rings is 1. The van der Waals surface area contributed by atoms with Crippen LogP contribution in [0.5, 0.6) is 0 Å². The van der Waals surface area contributed by atoms with Gasteiger partial charge in [0.2, 0.25) is 5.71 Å². The molecule has 0 aliphatic carbocycles. The van der Waals surface area contributed by atoms with Gasteiger partial charge in [-0.05, 0) is 78.0 Å². The minimum atomic E-state index is -2.76. The van der Waals surface area contributed by atoms with Crippen molar-refractivity contribution < 1.29 is 39.6 Å². The fourth-order valence-electron chi connectivity index (χ4n) is 5.22. The number of hydrogen-bond acceptors (Lipinski definition) is 4. The van der Waals surface area contributed by atoms with Gasteiger partial charge in [-0.3, -0.25) is 0 Å². The maximum atomic E-state index is 8.71. The van der Waals surface area contributed by atoms with E-state index in [1.807, 2.05) is 42.5 Å². The first-order valence-electron chi connectivity index (χ1n) is 20.3. The van der Waals surface area contributed by atoms with E-state index in [0.717, 1.165) is 23.5 Å². The zero-order valence-corrected chi connectivity index (χ0v) is 27.7. The zero-order chi connectivity index (χ0) is 41.5. The summed E-state index contributed by atoms with van der Waals surface area (Å²) in [6.07, 6.45) is 1.04. The molecule has 0 amide bonds. The number of pyridine rings is 3. The summed E-state index contributed by atoms with van der Waals surface area (Å²) in [5, 5.41) is 1.25. The van der Waals surface area contributed by atoms with Crippen molar-refractivity contribution in [3.05, 3.63) is 174 Å². The predicted octanol–water partition coefficient (Wildman–Crippen LogP) is 10.6. The molecule has 0 spiro atoms. The summed E-state index contributed by atoms with van der Waals surface area (Å²) in [5.74, 6) is 0. The van der Waals surface area contributed by atoms with Crippen LogP contribution in [-0.2, 0) is 26.5 Å². The van der Waals surface area contributed by atoms with Crippen LogP contribution in [0.15, 0.2) is 138 Å². The molecule has 5 heteroatoms. The first-order valence-corrected chi connectivity index (χ1v) is 14.8. The van der Waals surface area contributed by atoms with Gasteiger partial charge in [0.25, 0.3) is 0 Å². The molecule has 0 aliphatic heterocycles. The van der Waals surface area contributed by atoms with Crippen LogP contribution in [0.1, 0.15) is 43.0 Å². The Balaban J connectivity index is 0.000000384. The largest absolute Gasteiger partial charge is 0.486 e. The van der Waals surface area contributed by atoms with Crippen molar-refractivity contribution in [1.29, 1.82) is 0 Å². The van der Waals surface area contributed by atoms with E-state index >= 15 is 0 Å². The summed E-state index contributed by atoms with van der Waals surface area (Å²) in [4.78, 5) is 13.1. The fraction of sp³-hybridized carbons (Fsp3) is 0.0930. The van der Waals surface area contributed by atoms with Crippen molar-refractivity contribution in [3.8, 4) is 33.6 Å². The fourth-order valence-corrected chi connectivity index (χ4v) is 5.22. The molecule has 0 saturated heterocycles. The monoisotopic (exact) mass is 811 g/mol. The Morgan fingerprint density at radius 2 is 1.58 bits per heavy atom. The maximum Gasteiger partial charge on any atom is 0.216 e. The summed E-state index contributed by atoms with van der Waals surface area (Å²) in [6.45, 7) is -8.01. The molecule has 4 heterocycles. The zero-order valence-electron chi connectivity index (χ0n) is 36.3. The molecule has 0 fully saturated rings. The Hall–Kier alpha value is -5.22. The van der Waals surface area contributed by atoms with E-state index in [4.69, 9.17) is 19.5 Å². The van der Waals surface area contributed by atoms with Gasteiger partial charge in [0.15, 0.2) is 0 Å². The quantitative estimate of drug-likeness (QED) is 0.163. The van der Waals surface area contributed by atoms with E-state index in [2.05, 4.69) is 27.1 Å². The molecular weight excluding hydrogens is 767 g/mol. The van der Waals surface area contributed by atoms with Gasteiger partial charge in [-0.25, -0.2) is 4.98 Å². The van der Waals surface area contributed by atoms with E-state index in [1.165, 1.54) is 18.2 Å². The maximum absolute atomic E-state index is 8.71. The van der Waals surface area contributed by atoms with Crippen LogP contribution in [0.3, 0.4) is 0 Å². The summed E-state index contributed by atoms with van der Waals surface area (Å²) in [6, 6.07) is 40.4. The molecule has 8 aromatic rings.